The molecule has 0 fully saturated rings. The first-order valence-electron chi connectivity index (χ1n) is 4.34. The maximum absolute atomic E-state index is 13.2. The monoisotopic (exact) mass is 282 g/mol. The van der Waals surface area contributed by atoms with E-state index in [0.717, 1.165) is 0 Å². The van der Waals surface area contributed by atoms with Crippen LogP contribution in [0.5, 0.6) is 0 Å². The second-order valence-corrected chi connectivity index (χ2v) is 3.63. The molecule has 15 heavy (non-hydrogen) atoms. The van der Waals surface area contributed by atoms with E-state index >= 15 is 0 Å². The van der Waals surface area contributed by atoms with Gasteiger partial charge in [0.2, 0.25) is 0 Å². The van der Waals surface area contributed by atoms with Crippen LogP contribution in [0.4, 0.5) is 19.0 Å². The Labute approximate surface area is 94.2 Å². The third-order valence-corrected chi connectivity index (χ3v) is 2.11. The molecule has 0 aliphatic heterocycles. The van der Waals surface area contributed by atoms with Gasteiger partial charge in [0.05, 0.1) is 6.54 Å². The summed E-state index contributed by atoms with van der Waals surface area (Å²) >= 11 is 3.12. The van der Waals surface area contributed by atoms with Crippen LogP contribution in [0.1, 0.15) is 0 Å². The van der Waals surface area contributed by atoms with Crippen LogP contribution >= 0.6 is 15.9 Å². The highest BCUT2D eigenvalue weighted by Gasteiger charge is 2.16. The molecule has 1 rings (SSSR count). The van der Waals surface area contributed by atoms with Gasteiger partial charge < -0.3 is 4.90 Å². The molecule has 0 aromatic carbocycles. The molecule has 2 nitrogen and oxygen atoms in total. The van der Waals surface area contributed by atoms with Crippen LogP contribution in [0.3, 0.4) is 0 Å². The van der Waals surface area contributed by atoms with Crippen molar-refractivity contribution in [2.45, 2.75) is 6.43 Å². The number of rotatable bonds is 5. The second kappa shape index (κ2) is 5.95. The van der Waals surface area contributed by atoms with Gasteiger partial charge in [-0.05, 0) is 12.1 Å². The molecule has 0 amide bonds. The van der Waals surface area contributed by atoms with Crippen LogP contribution in [-0.2, 0) is 0 Å². The van der Waals surface area contributed by atoms with E-state index in [1.54, 1.807) is 0 Å². The van der Waals surface area contributed by atoms with Crippen molar-refractivity contribution >= 4 is 21.7 Å². The smallest absolute Gasteiger partial charge is 0.255 e. The Morgan fingerprint density at radius 1 is 1.47 bits per heavy atom. The first-order chi connectivity index (χ1) is 7.15. The maximum atomic E-state index is 13.2. The predicted molar refractivity (Wildman–Crippen MR) is 56.2 cm³/mol. The van der Waals surface area contributed by atoms with Gasteiger partial charge in [0.1, 0.15) is 0 Å². The largest absolute Gasteiger partial charge is 0.348 e. The lowest BCUT2D eigenvalue weighted by Gasteiger charge is -2.22. The van der Waals surface area contributed by atoms with Crippen LogP contribution in [0, 0.1) is 5.82 Å². The zero-order valence-corrected chi connectivity index (χ0v) is 9.42. The second-order valence-electron chi connectivity index (χ2n) is 2.83. The minimum Gasteiger partial charge on any atom is -0.348 e. The summed E-state index contributed by atoms with van der Waals surface area (Å²) in [6.45, 7) is -0.224. The molecule has 0 unspecified atom stereocenters. The molecule has 1 aromatic heterocycles. The van der Waals surface area contributed by atoms with Crippen molar-refractivity contribution in [2.75, 3.05) is 23.3 Å². The van der Waals surface area contributed by atoms with Crippen LogP contribution in [0.15, 0.2) is 18.3 Å². The SMILES string of the molecule is Fc1cccnc1N(CCBr)CC(F)F. The molecule has 0 radical (unpaired) electrons. The molecule has 0 atom stereocenters. The molecule has 1 heterocycles. The summed E-state index contributed by atoms with van der Waals surface area (Å²) in [4.78, 5) is 4.96. The summed E-state index contributed by atoms with van der Waals surface area (Å²) in [7, 11) is 0. The quantitative estimate of drug-likeness (QED) is 0.772. The molecule has 0 saturated carbocycles. The highest BCUT2D eigenvalue weighted by atomic mass is 79.9. The van der Waals surface area contributed by atoms with E-state index in [1.165, 1.54) is 23.2 Å². The Kier molecular flexibility index (Phi) is 4.87. The summed E-state index contributed by atoms with van der Waals surface area (Å²) in [5, 5.41) is 0.482. The Morgan fingerprint density at radius 3 is 2.73 bits per heavy atom. The fourth-order valence-electron chi connectivity index (χ4n) is 1.16. The summed E-state index contributed by atoms with van der Waals surface area (Å²) in [6, 6.07) is 2.63. The first-order valence-corrected chi connectivity index (χ1v) is 5.47. The molecule has 0 N–H and O–H groups in total. The van der Waals surface area contributed by atoms with Gasteiger partial charge >= 0.3 is 0 Å². The lowest BCUT2D eigenvalue weighted by molar-refractivity contribution is 0.155. The van der Waals surface area contributed by atoms with Crippen molar-refractivity contribution in [1.29, 1.82) is 0 Å². The Morgan fingerprint density at radius 2 is 2.20 bits per heavy atom. The standard InChI is InChI=1S/C9H10BrF3N2/c10-3-5-15(6-8(12)13)9-7(11)2-1-4-14-9/h1-2,4,8H,3,5-6H2. The van der Waals surface area contributed by atoms with Crippen LogP contribution in [0.2, 0.25) is 0 Å². The Hall–Kier alpha value is -0.780. The molecule has 6 heteroatoms. The number of alkyl halides is 3. The summed E-state index contributed by atoms with van der Waals surface area (Å²) in [6.07, 6.45) is -1.13. The van der Waals surface area contributed by atoms with Gasteiger partial charge in [0, 0.05) is 18.1 Å². The first kappa shape index (κ1) is 12.3. The van der Waals surface area contributed by atoms with E-state index in [1.807, 2.05) is 0 Å². The lowest BCUT2D eigenvalue weighted by Crippen LogP contribution is -2.32. The average molecular weight is 283 g/mol. The van der Waals surface area contributed by atoms with Crippen LogP contribution in [0.25, 0.3) is 0 Å². The van der Waals surface area contributed by atoms with Crippen molar-refractivity contribution in [3.63, 3.8) is 0 Å². The minimum absolute atomic E-state index is 0.0303. The molecule has 0 aliphatic rings. The van der Waals surface area contributed by atoms with Gasteiger partial charge in [0.25, 0.3) is 6.43 Å². The topological polar surface area (TPSA) is 16.1 Å². The summed E-state index contributed by atoms with van der Waals surface area (Å²) < 4.78 is 37.7. The number of halogens is 4. The zero-order chi connectivity index (χ0) is 11.3. The van der Waals surface area contributed by atoms with E-state index in [9.17, 15) is 13.2 Å². The van der Waals surface area contributed by atoms with Gasteiger partial charge in [-0.1, -0.05) is 15.9 Å². The van der Waals surface area contributed by atoms with Gasteiger partial charge in [-0.15, -0.1) is 0 Å². The van der Waals surface area contributed by atoms with Gasteiger partial charge in [-0.3, -0.25) is 0 Å². The average Bonchev–Trinajstić information content (AvgIpc) is 2.17. The van der Waals surface area contributed by atoms with Gasteiger partial charge in [-0.25, -0.2) is 18.2 Å². The predicted octanol–water partition coefficient (Wildman–Crippen LogP) is 2.69. The number of aromatic nitrogens is 1. The fraction of sp³-hybridized carbons (Fsp3) is 0.444. The van der Waals surface area contributed by atoms with Crippen molar-refractivity contribution in [1.82, 2.24) is 4.98 Å². The minimum atomic E-state index is -2.51. The normalized spacial score (nSPS) is 10.7. The molecule has 0 aliphatic carbocycles. The molecule has 0 saturated heterocycles. The number of nitrogens with zero attached hydrogens (tertiary/aromatic N) is 2. The number of pyridine rings is 1. The lowest BCUT2D eigenvalue weighted by atomic mass is 10.4. The fourth-order valence-corrected chi connectivity index (χ4v) is 1.59. The van der Waals surface area contributed by atoms with Crippen molar-refractivity contribution < 1.29 is 13.2 Å². The van der Waals surface area contributed by atoms with E-state index in [-0.39, 0.29) is 12.4 Å². The summed E-state index contributed by atoms with van der Waals surface area (Å²) in [5.74, 6) is -0.614. The van der Waals surface area contributed by atoms with Crippen molar-refractivity contribution in [2.24, 2.45) is 0 Å². The number of anilines is 1. The van der Waals surface area contributed by atoms with Crippen molar-refractivity contribution in [3.8, 4) is 0 Å². The van der Waals surface area contributed by atoms with E-state index < -0.39 is 18.8 Å². The molecule has 1 aromatic rings. The molecule has 0 spiro atoms. The molecular formula is C9H10BrF3N2. The third-order valence-electron chi connectivity index (χ3n) is 1.75. The van der Waals surface area contributed by atoms with Gasteiger partial charge in [0.15, 0.2) is 11.6 Å². The van der Waals surface area contributed by atoms with Crippen LogP contribution < -0.4 is 4.90 Å². The highest BCUT2D eigenvalue weighted by Crippen LogP contribution is 2.16. The van der Waals surface area contributed by atoms with E-state index in [0.29, 0.717) is 5.33 Å². The van der Waals surface area contributed by atoms with E-state index in [2.05, 4.69) is 20.9 Å². The number of hydrogen-bond acceptors (Lipinski definition) is 2. The Bertz CT molecular complexity index is 309. The molecular weight excluding hydrogens is 273 g/mol. The molecule has 84 valence electrons. The maximum Gasteiger partial charge on any atom is 0.255 e. The van der Waals surface area contributed by atoms with Crippen molar-refractivity contribution in [3.05, 3.63) is 24.1 Å². The molecule has 0 bridgehead atoms. The number of hydrogen-bond donors (Lipinski definition) is 0. The van der Waals surface area contributed by atoms with Gasteiger partial charge in [-0.2, -0.15) is 0 Å². The zero-order valence-electron chi connectivity index (χ0n) is 7.84. The third kappa shape index (κ3) is 3.70. The highest BCUT2D eigenvalue weighted by molar-refractivity contribution is 9.09. The van der Waals surface area contributed by atoms with Crippen LogP contribution in [-0.4, -0.2) is 29.8 Å². The Balaban J connectivity index is 2.83. The summed E-state index contributed by atoms with van der Waals surface area (Å²) in [5.41, 5.74) is 0. The van der Waals surface area contributed by atoms with E-state index in [4.69, 9.17) is 0 Å².